The van der Waals surface area contributed by atoms with Gasteiger partial charge in [-0.25, -0.2) is 4.39 Å². The lowest BCUT2D eigenvalue weighted by Crippen LogP contribution is -2.03. The number of thioether (sulfide) groups is 1. The van der Waals surface area contributed by atoms with Crippen LogP contribution >= 0.6 is 11.8 Å². The van der Waals surface area contributed by atoms with E-state index in [0.717, 1.165) is 18.6 Å². The fourth-order valence-corrected chi connectivity index (χ4v) is 3.95. The average molecular weight is 418 g/mol. The van der Waals surface area contributed by atoms with Crippen molar-refractivity contribution in [2.75, 3.05) is 27.1 Å². The van der Waals surface area contributed by atoms with E-state index in [1.54, 1.807) is 68.0 Å². The number of ether oxygens (including phenoxy) is 3. The lowest BCUT2D eigenvalue weighted by atomic mass is 10.1. The molecule has 1 aromatic heterocycles. The Morgan fingerprint density at radius 3 is 2.28 bits per heavy atom. The summed E-state index contributed by atoms with van der Waals surface area (Å²) < 4.78 is 32.7. The maximum Gasteiger partial charge on any atom is 0.203 e. The smallest absolute Gasteiger partial charge is 0.203 e. The molecule has 29 heavy (non-hydrogen) atoms. The van der Waals surface area contributed by atoms with Crippen molar-refractivity contribution in [2.24, 2.45) is 0 Å². The van der Waals surface area contributed by atoms with E-state index in [2.05, 4.69) is 17.1 Å². The zero-order chi connectivity index (χ0) is 20.8. The van der Waals surface area contributed by atoms with Gasteiger partial charge in [-0.3, -0.25) is 4.57 Å². The van der Waals surface area contributed by atoms with E-state index in [0.29, 0.717) is 39.5 Å². The van der Waals surface area contributed by atoms with Gasteiger partial charge in [-0.15, -0.1) is 10.2 Å². The number of hydrogen-bond acceptors (Lipinski definition) is 6. The predicted molar refractivity (Wildman–Crippen MR) is 112 cm³/mol. The topological polar surface area (TPSA) is 58.4 Å². The van der Waals surface area contributed by atoms with E-state index >= 15 is 0 Å². The standard InChI is InChI=1S/C21H24FN3O3S/c1-5-6-11-29-21-24-23-20(25(21)16-10-8-7-9-15(16)22)14-12-17(26-2)19(28-4)18(13-14)27-3/h7-10,12-13H,5-6,11H2,1-4H3. The lowest BCUT2D eigenvalue weighted by molar-refractivity contribution is 0.324. The molecular formula is C21H24FN3O3S. The number of unbranched alkanes of at least 4 members (excludes halogenated alkanes) is 1. The molecule has 0 saturated heterocycles. The van der Waals surface area contributed by atoms with Crippen LogP contribution in [0, 0.1) is 5.82 Å². The molecule has 0 aliphatic rings. The van der Waals surface area contributed by atoms with Crippen molar-refractivity contribution in [3.63, 3.8) is 0 Å². The average Bonchev–Trinajstić information content (AvgIpc) is 3.16. The van der Waals surface area contributed by atoms with Gasteiger partial charge in [0.25, 0.3) is 0 Å². The SMILES string of the molecule is CCCCSc1nnc(-c2cc(OC)c(OC)c(OC)c2)n1-c1ccccc1F. The number of aromatic nitrogens is 3. The monoisotopic (exact) mass is 417 g/mol. The highest BCUT2D eigenvalue weighted by Gasteiger charge is 2.22. The fourth-order valence-electron chi connectivity index (χ4n) is 2.92. The molecule has 0 aliphatic carbocycles. The van der Waals surface area contributed by atoms with Gasteiger partial charge >= 0.3 is 0 Å². The molecule has 0 saturated carbocycles. The number of para-hydroxylation sites is 1. The minimum atomic E-state index is -0.349. The minimum absolute atomic E-state index is 0.349. The van der Waals surface area contributed by atoms with Crippen LogP contribution in [0.25, 0.3) is 17.1 Å². The second-order valence-electron chi connectivity index (χ2n) is 6.21. The van der Waals surface area contributed by atoms with Crippen LogP contribution in [0.3, 0.4) is 0 Å². The zero-order valence-electron chi connectivity index (χ0n) is 16.9. The number of methoxy groups -OCH3 is 3. The number of rotatable bonds is 9. The largest absolute Gasteiger partial charge is 0.493 e. The number of nitrogens with zero attached hydrogens (tertiary/aromatic N) is 3. The summed E-state index contributed by atoms with van der Waals surface area (Å²) in [6, 6.07) is 10.1. The molecule has 154 valence electrons. The Bertz CT molecular complexity index is 953. The maximum atomic E-state index is 14.7. The molecule has 0 radical (unpaired) electrons. The lowest BCUT2D eigenvalue weighted by Gasteiger charge is -2.15. The van der Waals surface area contributed by atoms with Crippen molar-refractivity contribution in [2.45, 2.75) is 24.9 Å². The third-order valence-corrected chi connectivity index (χ3v) is 5.39. The quantitative estimate of drug-likeness (QED) is 0.361. The van der Waals surface area contributed by atoms with Crippen LogP contribution in [-0.4, -0.2) is 41.8 Å². The van der Waals surface area contributed by atoms with E-state index in [1.807, 2.05) is 0 Å². The van der Waals surface area contributed by atoms with Crippen LogP contribution in [0.5, 0.6) is 17.2 Å². The molecule has 1 heterocycles. The second kappa shape index (κ2) is 9.65. The first kappa shape index (κ1) is 21.0. The molecule has 3 rings (SSSR count). The molecule has 0 aliphatic heterocycles. The predicted octanol–water partition coefficient (Wildman–Crippen LogP) is 4.99. The maximum absolute atomic E-state index is 14.7. The Balaban J connectivity index is 2.19. The van der Waals surface area contributed by atoms with Crippen LogP contribution in [0.15, 0.2) is 41.6 Å². The van der Waals surface area contributed by atoms with Gasteiger partial charge in [0, 0.05) is 11.3 Å². The van der Waals surface area contributed by atoms with E-state index in [4.69, 9.17) is 14.2 Å². The molecule has 6 nitrogen and oxygen atoms in total. The second-order valence-corrected chi connectivity index (χ2v) is 7.27. The molecule has 0 unspecified atom stereocenters. The Labute approximate surface area is 174 Å². The Hall–Kier alpha value is -2.74. The van der Waals surface area contributed by atoms with Gasteiger partial charge in [0.1, 0.15) is 5.82 Å². The van der Waals surface area contributed by atoms with Crippen molar-refractivity contribution in [1.82, 2.24) is 14.8 Å². The summed E-state index contributed by atoms with van der Waals surface area (Å²) in [4.78, 5) is 0. The Kier molecular flexibility index (Phi) is 6.98. The van der Waals surface area contributed by atoms with Gasteiger partial charge < -0.3 is 14.2 Å². The first-order valence-corrected chi connectivity index (χ1v) is 10.3. The summed E-state index contributed by atoms with van der Waals surface area (Å²) in [5, 5.41) is 9.33. The van der Waals surface area contributed by atoms with Crippen LogP contribution in [0.4, 0.5) is 4.39 Å². The molecule has 2 aromatic carbocycles. The molecular weight excluding hydrogens is 393 g/mol. The van der Waals surface area contributed by atoms with Crippen molar-refractivity contribution < 1.29 is 18.6 Å². The summed E-state index contributed by atoms with van der Waals surface area (Å²) in [6.07, 6.45) is 2.11. The number of benzene rings is 2. The number of hydrogen-bond donors (Lipinski definition) is 0. The van der Waals surface area contributed by atoms with Crippen molar-refractivity contribution in [3.8, 4) is 34.3 Å². The molecule has 0 amide bonds. The van der Waals surface area contributed by atoms with Crippen molar-refractivity contribution >= 4 is 11.8 Å². The first-order chi connectivity index (χ1) is 14.1. The Morgan fingerprint density at radius 1 is 1.00 bits per heavy atom. The van der Waals surface area contributed by atoms with Gasteiger partial charge in [0.05, 0.1) is 27.0 Å². The van der Waals surface area contributed by atoms with Gasteiger partial charge in [-0.05, 0) is 30.7 Å². The summed E-state index contributed by atoms with van der Waals surface area (Å²) in [6.45, 7) is 2.13. The third kappa shape index (κ3) is 4.32. The molecule has 0 spiro atoms. The fraction of sp³-hybridized carbons (Fsp3) is 0.333. The van der Waals surface area contributed by atoms with E-state index in [1.165, 1.54) is 6.07 Å². The van der Waals surface area contributed by atoms with Gasteiger partial charge in [-0.2, -0.15) is 0 Å². The molecule has 0 N–H and O–H groups in total. The highest BCUT2D eigenvalue weighted by atomic mass is 32.2. The molecule has 8 heteroatoms. The summed E-state index contributed by atoms with van der Waals surface area (Å²) in [5.74, 6) is 2.48. The first-order valence-electron chi connectivity index (χ1n) is 9.28. The normalized spacial score (nSPS) is 10.8. The highest BCUT2D eigenvalue weighted by molar-refractivity contribution is 7.99. The molecule has 3 aromatic rings. The van der Waals surface area contributed by atoms with Crippen LogP contribution in [-0.2, 0) is 0 Å². The highest BCUT2D eigenvalue weighted by Crippen LogP contribution is 2.41. The van der Waals surface area contributed by atoms with E-state index in [9.17, 15) is 4.39 Å². The Morgan fingerprint density at radius 2 is 1.69 bits per heavy atom. The van der Waals surface area contributed by atoms with Crippen LogP contribution in [0.2, 0.25) is 0 Å². The molecule has 0 atom stereocenters. The van der Waals surface area contributed by atoms with Crippen molar-refractivity contribution in [1.29, 1.82) is 0 Å². The zero-order valence-corrected chi connectivity index (χ0v) is 17.8. The number of halogens is 1. The minimum Gasteiger partial charge on any atom is -0.493 e. The van der Waals surface area contributed by atoms with Crippen LogP contribution in [0.1, 0.15) is 19.8 Å². The van der Waals surface area contributed by atoms with Crippen molar-refractivity contribution in [3.05, 3.63) is 42.2 Å². The van der Waals surface area contributed by atoms with E-state index < -0.39 is 0 Å². The van der Waals surface area contributed by atoms with Gasteiger partial charge in [-0.1, -0.05) is 37.2 Å². The molecule has 0 fully saturated rings. The van der Waals surface area contributed by atoms with E-state index in [-0.39, 0.29) is 5.82 Å². The third-order valence-electron chi connectivity index (χ3n) is 4.38. The van der Waals surface area contributed by atoms with Crippen LogP contribution < -0.4 is 14.2 Å². The summed E-state index contributed by atoms with van der Waals surface area (Å²) in [7, 11) is 4.65. The van der Waals surface area contributed by atoms with Gasteiger partial charge in [0.2, 0.25) is 5.75 Å². The summed E-state index contributed by atoms with van der Waals surface area (Å²) >= 11 is 1.55. The molecule has 0 bridgehead atoms. The van der Waals surface area contributed by atoms with Gasteiger partial charge in [0.15, 0.2) is 22.5 Å². The summed E-state index contributed by atoms with van der Waals surface area (Å²) in [5.41, 5.74) is 1.07.